The number of nitrogens with one attached hydrogen (secondary N) is 1. The molecule has 0 unspecified atom stereocenters. The van der Waals surface area contributed by atoms with Gasteiger partial charge < -0.3 is 0 Å². The third kappa shape index (κ3) is 5.53. The summed E-state index contributed by atoms with van der Waals surface area (Å²) in [5.41, 5.74) is 0.591. The minimum atomic E-state index is -3.47. The monoisotopic (exact) mass is 354 g/mol. The molecule has 0 aliphatic rings. The van der Waals surface area contributed by atoms with Crippen molar-refractivity contribution in [3.05, 3.63) is 24.3 Å². The van der Waals surface area contributed by atoms with Crippen molar-refractivity contribution in [2.45, 2.75) is 31.6 Å². The number of sulfonamides is 1. The second-order valence-corrected chi connectivity index (χ2v) is 7.49. The number of nitriles is 1. The van der Waals surface area contributed by atoms with Gasteiger partial charge in [0.15, 0.2) is 11.4 Å². The molecule has 0 aromatic heterocycles. The van der Waals surface area contributed by atoms with Crippen molar-refractivity contribution in [3.63, 3.8) is 0 Å². The fourth-order valence-electron chi connectivity index (χ4n) is 1.98. The SMILES string of the molecule is CCCN(CCC)S(=O)(=O)c1ccc(N=C(NC#N)SC)cc1. The molecule has 6 nitrogen and oxygen atoms in total. The van der Waals surface area contributed by atoms with E-state index in [1.807, 2.05) is 20.0 Å². The van der Waals surface area contributed by atoms with Gasteiger partial charge in [-0.25, -0.2) is 13.4 Å². The van der Waals surface area contributed by atoms with Crippen molar-refractivity contribution in [3.8, 4) is 6.19 Å². The van der Waals surface area contributed by atoms with Crippen LogP contribution in [0.25, 0.3) is 0 Å². The van der Waals surface area contributed by atoms with Crippen LogP contribution >= 0.6 is 11.8 Å². The largest absolute Gasteiger partial charge is 0.271 e. The molecule has 0 heterocycles. The van der Waals surface area contributed by atoms with Crippen molar-refractivity contribution in [1.82, 2.24) is 9.62 Å². The molecule has 1 rings (SSSR count). The van der Waals surface area contributed by atoms with E-state index in [1.165, 1.54) is 16.1 Å². The third-order valence-electron chi connectivity index (χ3n) is 3.01. The Labute approximate surface area is 142 Å². The van der Waals surface area contributed by atoms with E-state index in [0.717, 1.165) is 12.8 Å². The molecule has 0 amide bonds. The first kappa shape index (κ1) is 19.5. The molecule has 0 radical (unpaired) electrons. The van der Waals surface area contributed by atoms with Crippen molar-refractivity contribution in [1.29, 1.82) is 5.26 Å². The zero-order valence-corrected chi connectivity index (χ0v) is 15.2. The van der Waals surface area contributed by atoms with Crippen LogP contribution in [0, 0.1) is 11.5 Å². The lowest BCUT2D eigenvalue weighted by atomic mass is 10.3. The van der Waals surface area contributed by atoms with Gasteiger partial charge in [-0.15, -0.1) is 0 Å². The summed E-state index contributed by atoms with van der Waals surface area (Å²) in [5.74, 6) is 0. The van der Waals surface area contributed by atoms with Crippen LogP contribution < -0.4 is 5.32 Å². The molecule has 126 valence electrons. The molecule has 1 N–H and O–H groups in total. The lowest BCUT2D eigenvalue weighted by molar-refractivity contribution is 0.410. The molecule has 0 fully saturated rings. The lowest BCUT2D eigenvalue weighted by Gasteiger charge is -2.21. The molecule has 23 heavy (non-hydrogen) atoms. The van der Waals surface area contributed by atoms with Crippen LogP contribution in [0.4, 0.5) is 5.69 Å². The first-order chi connectivity index (χ1) is 11.0. The minimum Gasteiger partial charge on any atom is -0.271 e. The number of hydrogen-bond donors (Lipinski definition) is 1. The van der Waals surface area contributed by atoms with E-state index in [4.69, 9.17) is 5.26 Å². The highest BCUT2D eigenvalue weighted by Gasteiger charge is 2.22. The smallest absolute Gasteiger partial charge is 0.243 e. The highest BCUT2D eigenvalue weighted by atomic mass is 32.2. The second-order valence-electron chi connectivity index (χ2n) is 4.76. The number of nitrogens with zero attached hydrogens (tertiary/aromatic N) is 3. The second kappa shape index (κ2) is 9.55. The molecule has 1 aromatic rings. The number of hydrogen-bond acceptors (Lipinski definition) is 5. The van der Waals surface area contributed by atoms with E-state index in [2.05, 4.69) is 10.3 Å². The van der Waals surface area contributed by atoms with Crippen LogP contribution in [0.3, 0.4) is 0 Å². The van der Waals surface area contributed by atoms with Crippen LogP contribution in [-0.4, -0.2) is 37.2 Å². The highest BCUT2D eigenvalue weighted by molar-refractivity contribution is 8.13. The Morgan fingerprint density at radius 3 is 2.26 bits per heavy atom. The fraction of sp³-hybridized carbons (Fsp3) is 0.467. The normalized spacial score (nSPS) is 12.2. The van der Waals surface area contributed by atoms with Crippen molar-refractivity contribution < 1.29 is 8.42 Å². The molecule has 8 heteroatoms. The molecule has 0 aliphatic carbocycles. The summed E-state index contributed by atoms with van der Waals surface area (Å²) < 4.78 is 26.8. The van der Waals surface area contributed by atoms with E-state index in [9.17, 15) is 8.42 Å². The van der Waals surface area contributed by atoms with Crippen molar-refractivity contribution >= 4 is 32.6 Å². The quantitative estimate of drug-likeness (QED) is 0.352. The predicted octanol–water partition coefficient (Wildman–Crippen LogP) is 2.92. The number of thioether (sulfide) groups is 1. The average Bonchev–Trinajstić information content (AvgIpc) is 2.54. The van der Waals surface area contributed by atoms with Crippen LogP contribution in [-0.2, 0) is 10.0 Å². The van der Waals surface area contributed by atoms with Gasteiger partial charge in [0, 0.05) is 13.1 Å². The lowest BCUT2D eigenvalue weighted by Crippen LogP contribution is -2.32. The van der Waals surface area contributed by atoms with E-state index >= 15 is 0 Å². The van der Waals surface area contributed by atoms with Gasteiger partial charge in [0.25, 0.3) is 0 Å². The van der Waals surface area contributed by atoms with Crippen molar-refractivity contribution in [2.24, 2.45) is 4.99 Å². The van der Waals surface area contributed by atoms with Gasteiger partial charge in [-0.05, 0) is 43.4 Å². The summed E-state index contributed by atoms with van der Waals surface area (Å²) in [6, 6.07) is 6.38. The maximum atomic E-state index is 12.6. The maximum absolute atomic E-state index is 12.6. The Kier molecular flexibility index (Phi) is 8.09. The van der Waals surface area contributed by atoms with Crippen LogP contribution in [0.5, 0.6) is 0 Å². The van der Waals surface area contributed by atoms with Crippen molar-refractivity contribution in [2.75, 3.05) is 19.3 Å². The average molecular weight is 355 g/mol. The summed E-state index contributed by atoms with van der Waals surface area (Å²) >= 11 is 1.31. The molecule has 0 spiro atoms. The van der Waals surface area contributed by atoms with Gasteiger partial charge in [0.05, 0.1) is 10.6 Å². The number of aliphatic imine (C=N–C) groups is 1. The standard InChI is InChI=1S/C15H22N4O2S2/c1-4-10-19(11-5-2)23(20,21)14-8-6-13(7-9-14)18-15(22-3)17-12-16/h6-9H,4-5,10-11H2,1-3H3,(H,17,18). The van der Waals surface area contributed by atoms with Crippen LogP contribution in [0.1, 0.15) is 26.7 Å². The van der Waals surface area contributed by atoms with Gasteiger partial charge in [-0.1, -0.05) is 25.6 Å². The Morgan fingerprint density at radius 2 is 1.83 bits per heavy atom. The van der Waals surface area contributed by atoms with Gasteiger partial charge in [-0.3, -0.25) is 5.32 Å². The molecular formula is C15H22N4O2S2. The zero-order chi connectivity index (χ0) is 17.3. The Balaban J connectivity index is 3.05. The summed E-state index contributed by atoms with van der Waals surface area (Å²) in [6.45, 7) is 4.95. The van der Waals surface area contributed by atoms with E-state index in [1.54, 1.807) is 30.5 Å². The van der Waals surface area contributed by atoms with Gasteiger partial charge in [-0.2, -0.15) is 9.57 Å². The molecule has 0 aliphatic heterocycles. The number of benzene rings is 1. The molecule has 0 bridgehead atoms. The Morgan fingerprint density at radius 1 is 1.26 bits per heavy atom. The summed E-state index contributed by atoms with van der Waals surface area (Å²) in [4.78, 5) is 4.51. The van der Waals surface area contributed by atoms with Gasteiger partial charge >= 0.3 is 0 Å². The molecule has 0 saturated heterocycles. The van der Waals surface area contributed by atoms with E-state index in [-0.39, 0.29) is 4.90 Å². The fourth-order valence-corrected chi connectivity index (χ4v) is 3.95. The first-order valence-corrected chi connectivity index (χ1v) is 10.0. The van der Waals surface area contributed by atoms with E-state index in [0.29, 0.717) is 23.9 Å². The summed E-state index contributed by atoms with van der Waals surface area (Å²) in [7, 11) is -3.47. The third-order valence-corrected chi connectivity index (χ3v) is 5.50. The molecule has 1 aromatic carbocycles. The minimum absolute atomic E-state index is 0.261. The zero-order valence-electron chi connectivity index (χ0n) is 13.6. The first-order valence-electron chi connectivity index (χ1n) is 7.37. The topological polar surface area (TPSA) is 85.6 Å². The molecule has 0 atom stereocenters. The predicted molar refractivity (Wildman–Crippen MR) is 95.1 cm³/mol. The van der Waals surface area contributed by atoms with E-state index < -0.39 is 10.0 Å². The Hall–Kier alpha value is -1.56. The molecular weight excluding hydrogens is 332 g/mol. The summed E-state index contributed by atoms with van der Waals surface area (Å²) in [6.07, 6.45) is 5.17. The van der Waals surface area contributed by atoms with Gasteiger partial charge in [0.2, 0.25) is 10.0 Å². The van der Waals surface area contributed by atoms with Crippen LogP contribution in [0.2, 0.25) is 0 Å². The molecule has 0 saturated carbocycles. The summed E-state index contributed by atoms with van der Waals surface area (Å²) in [5, 5.41) is 11.5. The highest BCUT2D eigenvalue weighted by Crippen LogP contribution is 2.21. The van der Waals surface area contributed by atoms with Gasteiger partial charge in [0.1, 0.15) is 0 Å². The number of amidine groups is 1. The van der Waals surface area contributed by atoms with Crippen LogP contribution in [0.15, 0.2) is 34.2 Å². The Bertz CT molecular complexity index is 658. The number of rotatable bonds is 7. The maximum Gasteiger partial charge on any atom is 0.243 e.